The van der Waals surface area contributed by atoms with Crippen LogP contribution in [0.3, 0.4) is 0 Å². The first-order valence-electron chi connectivity index (χ1n) is 11.5. The molecule has 170 valence electrons. The number of fused-ring (bicyclic) bond motifs is 1. The van der Waals surface area contributed by atoms with Crippen LogP contribution in [0.1, 0.15) is 55.7 Å². The molecule has 1 fully saturated rings. The Hall–Kier alpha value is -3.66. The van der Waals surface area contributed by atoms with E-state index in [2.05, 4.69) is 16.7 Å². The van der Waals surface area contributed by atoms with Crippen molar-refractivity contribution >= 4 is 22.8 Å². The van der Waals surface area contributed by atoms with E-state index < -0.39 is 11.8 Å². The summed E-state index contributed by atoms with van der Waals surface area (Å²) in [5.74, 6) is -0.215. The third kappa shape index (κ3) is 5.58. The minimum Gasteiger partial charge on any atom is -0.497 e. The number of nitriles is 1. The van der Waals surface area contributed by atoms with Gasteiger partial charge in [-0.25, -0.2) is 9.97 Å². The second-order valence-electron chi connectivity index (χ2n) is 8.41. The van der Waals surface area contributed by atoms with Gasteiger partial charge in [-0.3, -0.25) is 4.79 Å². The van der Waals surface area contributed by atoms with Gasteiger partial charge in [-0.05, 0) is 42.7 Å². The van der Waals surface area contributed by atoms with Gasteiger partial charge in [-0.2, -0.15) is 5.26 Å². The van der Waals surface area contributed by atoms with Gasteiger partial charge in [-0.15, -0.1) is 0 Å². The molecule has 1 unspecified atom stereocenters. The van der Waals surface area contributed by atoms with Gasteiger partial charge < -0.3 is 15.4 Å². The van der Waals surface area contributed by atoms with Gasteiger partial charge in [0, 0.05) is 12.6 Å². The minimum absolute atomic E-state index is 0.265. The number of hydrogen-bond donors (Lipinski definition) is 2. The number of carbonyl (C=O) groups is 1. The van der Waals surface area contributed by atoms with Crippen molar-refractivity contribution < 1.29 is 9.53 Å². The molecule has 1 aromatic heterocycles. The van der Waals surface area contributed by atoms with Gasteiger partial charge in [-0.1, -0.05) is 49.9 Å². The van der Waals surface area contributed by atoms with Crippen LogP contribution in [0.25, 0.3) is 11.0 Å². The van der Waals surface area contributed by atoms with Crippen LogP contribution in [-0.2, 0) is 11.3 Å². The average molecular weight is 444 g/mol. The summed E-state index contributed by atoms with van der Waals surface area (Å²) in [4.78, 5) is 22.6. The zero-order chi connectivity index (χ0) is 23.0. The summed E-state index contributed by atoms with van der Waals surface area (Å²) in [5.41, 5.74) is 2.68. The fourth-order valence-corrected chi connectivity index (χ4v) is 4.26. The highest BCUT2D eigenvalue weighted by atomic mass is 16.5. The lowest BCUT2D eigenvalue weighted by atomic mass is 10.0. The second kappa shape index (κ2) is 10.8. The molecule has 1 aliphatic carbocycles. The Labute approximate surface area is 194 Å². The number of rotatable bonds is 7. The van der Waals surface area contributed by atoms with Gasteiger partial charge in [0.2, 0.25) is 5.91 Å². The van der Waals surface area contributed by atoms with Crippen molar-refractivity contribution in [2.45, 2.75) is 57.0 Å². The molecule has 1 atom stereocenters. The first kappa shape index (κ1) is 22.5. The summed E-state index contributed by atoms with van der Waals surface area (Å²) in [6, 6.07) is 17.4. The van der Waals surface area contributed by atoms with Gasteiger partial charge in [0.25, 0.3) is 0 Å². The van der Waals surface area contributed by atoms with Crippen molar-refractivity contribution in [3.8, 4) is 11.8 Å². The van der Waals surface area contributed by atoms with Crippen LogP contribution in [-0.4, -0.2) is 29.0 Å². The third-order valence-corrected chi connectivity index (χ3v) is 6.06. The minimum atomic E-state index is -1.07. The maximum absolute atomic E-state index is 13.1. The lowest BCUT2D eigenvalue weighted by Crippen LogP contribution is -2.30. The van der Waals surface area contributed by atoms with Gasteiger partial charge in [0.1, 0.15) is 11.4 Å². The van der Waals surface area contributed by atoms with Crippen LogP contribution in [0, 0.1) is 11.3 Å². The van der Waals surface area contributed by atoms with E-state index in [0.717, 1.165) is 36.8 Å². The van der Waals surface area contributed by atoms with Crippen molar-refractivity contribution in [1.29, 1.82) is 5.26 Å². The molecule has 0 saturated heterocycles. The predicted molar refractivity (Wildman–Crippen MR) is 128 cm³/mol. The maximum Gasteiger partial charge on any atom is 0.243 e. The topological polar surface area (TPSA) is 99.9 Å². The molecule has 1 heterocycles. The molecule has 0 aliphatic heterocycles. The summed E-state index contributed by atoms with van der Waals surface area (Å²) in [6.45, 7) is 0.292. The van der Waals surface area contributed by atoms with Crippen LogP contribution >= 0.6 is 0 Å². The lowest BCUT2D eigenvalue weighted by Gasteiger charge is -2.21. The molecular weight excluding hydrogens is 414 g/mol. The number of anilines is 1. The number of para-hydroxylation sites is 2. The predicted octanol–water partition coefficient (Wildman–Crippen LogP) is 4.70. The Kier molecular flexibility index (Phi) is 7.36. The summed E-state index contributed by atoms with van der Waals surface area (Å²) < 4.78 is 5.25. The number of amides is 1. The lowest BCUT2D eigenvalue weighted by molar-refractivity contribution is -0.121. The van der Waals surface area contributed by atoms with E-state index in [1.165, 1.54) is 12.8 Å². The van der Waals surface area contributed by atoms with Gasteiger partial charge in [0.15, 0.2) is 11.7 Å². The number of aromatic nitrogens is 2. The molecule has 1 amide bonds. The molecule has 0 spiro atoms. The molecule has 4 rings (SSSR count). The highest BCUT2D eigenvalue weighted by Crippen LogP contribution is 2.28. The molecule has 3 aromatic rings. The maximum atomic E-state index is 13.1. The molecule has 1 saturated carbocycles. The van der Waals surface area contributed by atoms with Crippen LogP contribution in [0.2, 0.25) is 0 Å². The van der Waals surface area contributed by atoms with Gasteiger partial charge >= 0.3 is 0 Å². The Morgan fingerprint density at radius 1 is 1.09 bits per heavy atom. The largest absolute Gasteiger partial charge is 0.497 e. The van der Waals surface area contributed by atoms with E-state index >= 15 is 0 Å². The first-order chi connectivity index (χ1) is 16.2. The molecule has 2 aromatic carbocycles. The molecule has 1 aliphatic rings. The molecule has 2 N–H and O–H groups in total. The van der Waals surface area contributed by atoms with E-state index in [1.54, 1.807) is 7.11 Å². The summed E-state index contributed by atoms with van der Waals surface area (Å²) in [6.07, 6.45) is 6.90. The normalized spacial score (nSPS) is 15.3. The standard InChI is InChI=1S/C26H29N5O2/c1-33-20-12-8-9-18(15-20)17-28-26(32)21(16-27)24-25(29-19-10-4-2-3-5-11-19)31-23-14-7-6-13-22(23)30-24/h6-9,12-15,19,21H,2-5,10-11,17H2,1H3,(H,28,32)(H,29,31). The number of ether oxygens (including phenoxy) is 1. The monoisotopic (exact) mass is 443 g/mol. The van der Waals surface area contributed by atoms with E-state index in [0.29, 0.717) is 29.3 Å². The molecule has 7 heteroatoms. The smallest absolute Gasteiger partial charge is 0.243 e. The second-order valence-corrected chi connectivity index (χ2v) is 8.41. The fourth-order valence-electron chi connectivity index (χ4n) is 4.26. The van der Waals surface area contributed by atoms with E-state index in [-0.39, 0.29) is 6.04 Å². The number of methoxy groups -OCH3 is 1. The van der Waals surface area contributed by atoms with Crippen molar-refractivity contribution in [1.82, 2.24) is 15.3 Å². The fraction of sp³-hybridized carbons (Fsp3) is 0.385. The molecule has 0 radical (unpaired) electrons. The SMILES string of the molecule is COc1cccc(CNC(=O)C(C#N)c2nc3ccccc3nc2NC2CCCCCC2)c1. The Morgan fingerprint density at radius 3 is 2.52 bits per heavy atom. The Balaban J connectivity index is 1.60. The van der Waals surface area contributed by atoms with E-state index in [4.69, 9.17) is 14.7 Å². The third-order valence-electron chi connectivity index (χ3n) is 6.06. The highest BCUT2D eigenvalue weighted by Gasteiger charge is 2.27. The average Bonchev–Trinajstić information content (AvgIpc) is 3.12. The zero-order valence-electron chi connectivity index (χ0n) is 18.9. The summed E-state index contributed by atoms with van der Waals surface area (Å²) in [5, 5.41) is 16.3. The van der Waals surface area contributed by atoms with Crippen molar-refractivity contribution in [3.05, 3.63) is 59.8 Å². The molecular formula is C26H29N5O2. The summed E-state index contributed by atoms with van der Waals surface area (Å²) in [7, 11) is 1.60. The quantitative estimate of drug-likeness (QED) is 0.514. The number of nitrogens with zero attached hydrogens (tertiary/aromatic N) is 3. The van der Waals surface area contributed by atoms with Gasteiger partial charge in [0.05, 0.1) is 24.2 Å². The number of nitrogens with one attached hydrogen (secondary N) is 2. The first-order valence-corrected chi connectivity index (χ1v) is 11.5. The van der Waals surface area contributed by atoms with Crippen molar-refractivity contribution in [3.63, 3.8) is 0 Å². The van der Waals surface area contributed by atoms with Crippen molar-refractivity contribution in [2.24, 2.45) is 0 Å². The number of hydrogen-bond acceptors (Lipinski definition) is 6. The van der Waals surface area contributed by atoms with Crippen LogP contribution in [0.15, 0.2) is 48.5 Å². The highest BCUT2D eigenvalue weighted by molar-refractivity contribution is 5.88. The zero-order valence-corrected chi connectivity index (χ0v) is 18.9. The molecule has 33 heavy (non-hydrogen) atoms. The Bertz CT molecular complexity index is 1150. The molecule has 0 bridgehead atoms. The number of carbonyl (C=O) groups excluding carboxylic acids is 1. The van der Waals surface area contributed by atoms with Crippen molar-refractivity contribution in [2.75, 3.05) is 12.4 Å². The Morgan fingerprint density at radius 2 is 1.82 bits per heavy atom. The van der Waals surface area contributed by atoms with Crippen LogP contribution in [0.4, 0.5) is 5.82 Å². The molecule has 7 nitrogen and oxygen atoms in total. The van der Waals surface area contributed by atoms with E-state index in [9.17, 15) is 10.1 Å². The summed E-state index contributed by atoms with van der Waals surface area (Å²) >= 11 is 0. The van der Waals surface area contributed by atoms with Crippen LogP contribution < -0.4 is 15.4 Å². The number of benzene rings is 2. The van der Waals surface area contributed by atoms with Crippen LogP contribution in [0.5, 0.6) is 5.75 Å². The van der Waals surface area contributed by atoms with E-state index in [1.807, 2.05) is 48.5 Å².